The fourth-order valence-corrected chi connectivity index (χ4v) is 3.24. The maximum Gasteiger partial charge on any atom is 0.255 e. The smallest absolute Gasteiger partial charge is 0.255 e. The fourth-order valence-electron chi connectivity index (χ4n) is 3.24. The number of carbonyl (C=O) groups is 1. The summed E-state index contributed by atoms with van der Waals surface area (Å²) in [5, 5.41) is 5.30. The van der Waals surface area contributed by atoms with Gasteiger partial charge in [-0.1, -0.05) is 37.3 Å². The molecule has 0 saturated carbocycles. The fraction of sp³-hybridized carbons (Fsp3) is 0.350. The number of hydrogen-bond acceptors (Lipinski definition) is 3. The van der Waals surface area contributed by atoms with Crippen LogP contribution in [-0.4, -0.2) is 32.1 Å². The minimum atomic E-state index is 0.0392. The van der Waals surface area contributed by atoms with E-state index < -0.39 is 0 Å². The number of nitrogens with zero attached hydrogens (tertiary/aromatic N) is 4. The van der Waals surface area contributed by atoms with Crippen LogP contribution in [0, 0.1) is 13.8 Å². The molecule has 1 aromatic carbocycles. The molecule has 0 unspecified atom stereocenters. The number of rotatable bonds is 5. The first-order valence-corrected chi connectivity index (χ1v) is 8.65. The molecule has 0 aliphatic rings. The zero-order chi connectivity index (χ0) is 18.0. The highest BCUT2D eigenvalue weighted by Crippen LogP contribution is 2.23. The van der Waals surface area contributed by atoms with E-state index >= 15 is 0 Å². The number of aromatic nitrogens is 3. The molecule has 0 bridgehead atoms. The molecule has 0 N–H and O–H groups in total. The maximum atomic E-state index is 13.3. The van der Waals surface area contributed by atoms with Gasteiger partial charge in [-0.15, -0.1) is 0 Å². The molecule has 0 atom stereocenters. The van der Waals surface area contributed by atoms with Crippen molar-refractivity contribution < 1.29 is 4.79 Å². The van der Waals surface area contributed by atoms with Crippen LogP contribution >= 0.6 is 0 Å². The van der Waals surface area contributed by atoms with Gasteiger partial charge in [-0.3, -0.25) is 9.48 Å². The number of fused-ring (bicyclic) bond motifs is 1. The highest BCUT2D eigenvalue weighted by Gasteiger charge is 2.22. The first-order chi connectivity index (χ1) is 12.0. The number of amides is 1. The van der Waals surface area contributed by atoms with Crippen molar-refractivity contribution in [3.8, 4) is 0 Å². The lowest BCUT2D eigenvalue weighted by Crippen LogP contribution is -2.31. The zero-order valence-corrected chi connectivity index (χ0v) is 15.3. The molecule has 5 heteroatoms. The second kappa shape index (κ2) is 7.05. The van der Waals surface area contributed by atoms with Gasteiger partial charge in [-0.2, -0.15) is 5.10 Å². The molecule has 0 radical (unpaired) electrons. The Kier molecular flexibility index (Phi) is 4.83. The van der Waals surface area contributed by atoms with Crippen molar-refractivity contribution in [3.63, 3.8) is 0 Å². The van der Waals surface area contributed by atoms with E-state index in [1.165, 1.54) is 0 Å². The highest BCUT2D eigenvalue weighted by atomic mass is 16.2. The monoisotopic (exact) mass is 336 g/mol. The molecule has 1 amide bonds. The molecule has 2 aromatic heterocycles. The largest absolute Gasteiger partial charge is 0.334 e. The van der Waals surface area contributed by atoms with Crippen LogP contribution in [0.4, 0.5) is 0 Å². The van der Waals surface area contributed by atoms with Gasteiger partial charge in [-0.05, 0) is 31.9 Å². The molecular formula is C20H24N4O. The van der Waals surface area contributed by atoms with E-state index in [0.29, 0.717) is 12.1 Å². The third kappa shape index (κ3) is 3.40. The van der Waals surface area contributed by atoms with Crippen LogP contribution in [0.2, 0.25) is 0 Å². The second-order valence-corrected chi connectivity index (χ2v) is 6.43. The molecule has 0 saturated heterocycles. The summed E-state index contributed by atoms with van der Waals surface area (Å²) in [6.45, 7) is 7.26. The molecule has 0 aliphatic carbocycles. The summed E-state index contributed by atoms with van der Waals surface area (Å²) in [7, 11) is 1.86. The average Bonchev–Trinajstić information content (AvgIpc) is 2.88. The van der Waals surface area contributed by atoms with Crippen LogP contribution in [0.3, 0.4) is 0 Å². The molecule has 3 rings (SSSR count). The SMILES string of the molecule is CCCN(Cc1ccccc1)C(=O)c1cc(C)nc2c1c(C)nn2C. The third-order valence-corrected chi connectivity index (χ3v) is 4.32. The van der Waals surface area contributed by atoms with E-state index in [9.17, 15) is 4.79 Å². The minimum absolute atomic E-state index is 0.0392. The van der Waals surface area contributed by atoms with Crippen LogP contribution in [0.5, 0.6) is 0 Å². The Morgan fingerprint density at radius 2 is 1.92 bits per heavy atom. The zero-order valence-electron chi connectivity index (χ0n) is 15.3. The molecular weight excluding hydrogens is 312 g/mol. The summed E-state index contributed by atoms with van der Waals surface area (Å²) in [6, 6.07) is 12.0. The van der Waals surface area contributed by atoms with Crippen molar-refractivity contribution in [2.75, 3.05) is 6.54 Å². The van der Waals surface area contributed by atoms with Gasteiger partial charge in [0.15, 0.2) is 5.65 Å². The number of aryl methyl sites for hydroxylation is 3. The van der Waals surface area contributed by atoms with Gasteiger partial charge in [0.05, 0.1) is 16.6 Å². The Morgan fingerprint density at radius 3 is 2.60 bits per heavy atom. The van der Waals surface area contributed by atoms with E-state index in [4.69, 9.17) is 0 Å². The van der Waals surface area contributed by atoms with Gasteiger partial charge < -0.3 is 4.90 Å². The van der Waals surface area contributed by atoms with E-state index in [2.05, 4.69) is 29.1 Å². The Hall–Kier alpha value is -2.69. The Labute approximate surface area is 148 Å². The van der Waals surface area contributed by atoms with Gasteiger partial charge in [0.1, 0.15) is 0 Å². The van der Waals surface area contributed by atoms with Gasteiger partial charge in [-0.25, -0.2) is 4.98 Å². The van der Waals surface area contributed by atoms with Crippen LogP contribution in [0.25, 0.3) is 11.0 Å². The topological polar surface area (TPSA) is 51.0 Å². The molecule has 0 spiro atoms. The van der Waals surface area contributed by atoms with Gasteiger partial charge in [0.2, 0.25) is 0 Å². The van der Waals surface area contributed by atoms with Gasteiger partial charge >= 0.3 is 0 Å². The van der Waals surface area contributed by atoms with E-state index in [0.717, 1.165) is 41.0 Å². The second-order valence-electron chi connectivity index (χ2n) is 6.43. The summed E-state index contributed by atoms with van der Waals surface area (Å²) in [5.74, 6) is 0.0392. The Bertz CT molecular complexity index is 899. The lowest BCUT2D eigenvalue weighted by molar-refractivity contribution is 0.0745. The standard InChI is InChI=1S/C20H24N4O/c1-5-11-24(13-16-9-7-6-8-10-16)20(25)17-12-14(2)21-19-18(17)15(3)22-23(19)4/h6-10,12H,5,11,13H2,1-4H3. The first kappa shape index (κ1) is 17.1. The van der Waals surface area contributed by atoms with Crippen LogP contribution in [0.15, 0.2) is 36.4 Å². The summed E-state index contributed by atoms with van der Waals surface area (Å²) in [4.78, 5) is 19.8. The Morgan fingerprint density at radius 1 is 1.20 bits per heavy atom. The molecule has 3 aromatic rings. The van der Waals surface area contributed by atoms with Crippen LogP contribution in [0.1, 0.15) is 40.7 Å². The van der Waals surface area contributed by atoms with Crippen molar-refractivity contribution >= 4 is 16.9 Å². The number of carbonyl (C=O) groups excluding carboxylic acids is 1. The highest BCUT2D eigenvalue weighted by molar-refractivity contribution is 6.06. The molecule has 0 fully saturated rings. The first-order valence-electron chi connectivity index (χ1n) is 8.65. The van der Waals surface area contributed by atoms with Gasteiger partial charge in [0.25, 0.3) is 5.91 Å². The van der Waals surface area contributed by atoms with Crippen molar-refractivity contribution in [2.24, 2.45) is 7.05 Å². The molecule has 130 valence electrons. The predicted octanol–water partition coefficient (Wildman–Crippen LogP) is 3.64. The lowest BCUT2D eigenvalue weighted by atomic mass is 10.1. The predicted molar refractivity (Wildman–Crippen MR) is 99.5 cm³/mol. The summed E-state index contributed by atoms with van der Waals surface area (Å²) in [5.41, 5.74) is 4.25. The number of hydrogen-bond donors (Lipinski definition) is 0. The van der Waals surface area contributed by atoms with Crippen molar-refractivity contribution in [1.82, 2.24) is 19.7 Å². The van der Waals surface area contributed by atoms with Crippen LogP contribution < -0.4 is 0 Å². The van der Waals surface area contributed by atoms with E-state index in [1.807, 2.05) is 50.1 Å². The quantitative estimate of drug-likeness (QED) is 0.715. The van der Waals surface area contributed by atoms with Gasteiger partial charge in [0, 0.05) is 25.8 Å². The van der Waals surface area contributed by atoms with Crippen molar-refractivity contribution in [1.29, 1.82) is 0 Å². The number of benzene rings is 1. The average molecular weight is 336 g/mol. The van der Waals surface area contributed by atoms with E-state index in [-0.39, 0.29) is 5.91 Å². The molecule has 5 nitrogen and oxygen atoms in total. The van der Waals surface area contributed by atoms with Crippen molar-refractivity contribution in [3.05, 3.63) is 58.9 Å². The number of pyridine rings is 1. The summed E-state index contributed by atoms with van der Waals surface area (Å²) < 4.78 is 1.75. The Balaban J connectivity index is 2.04. The minimum Gasteiger partial charge on any atom is -0.334 e. The normalized spacial score (nSPS) is 11.0. The molecule has 0 aliphatic heterocycles. The van der Waals surface area contributed by atoms with Crippen LogP contribution in [-0.2, 0) is 13.6 Å². The summed E-state index contributed by atoms with van der Waals surface area (Å²) >= 11 is 0. The van der Waals surface area contributed by atoms with Crippen molar-refractivity contribution in [2.45, 2.75) is 33.7 Å². The molecule has 2 heterocycles. The maximum absolute atomic E-state index is 13.3. The molecule has 25 heavy (non-hydrogen) atoms. The summed E-state index contributed by atoms with van der Waals surface area (Å²) in [6.07, 6.45) is 0.914. The third-order valence-electron chi connectivity index (χ3n) is 4.32. The van der Waals surface area contributed by atoms with E-state index in [1.54, 1.807) is 4.68 Å². The lowest BCUT2D eigenvalue weighted by Gasteiger charge is -2.23.